The molecule has 2 unspecified atom stereocenters. The normalized spacial score (nSPS) is 20.7. The summed E-state index contributed by atoms with van der Waals surface area (Å²) >= 11 is 0. The van der Waals surface area contributed by atoms with Crippen molar-refractivity contribution >= 4 is 18.0 Å². The summed E-state index contributed by atoms with van der Waals surface area (Å²) in [4.78, 5) is 44.7. The van der Waals surface area contributed by atoms with Gasteiger partial charge < -0.3 is 29.7 Å². The van der Waals surface area contributed by atoms with Crippen LogP contribution in [0.2, 0.25) is 0 Å². The number of hydrogen-bond acceptors (Lipinski definition) is 7. The molecule has 0 aliphatic carbocycles. The number of amides is 4. The summed E-state index contributed by atoms with van der Waals surface area (Å²) in [6, 6.07) is 3.98. The topological polar surface area (TPSA) is 113 Å². The van der Waals surface area contributed by atoms with Crippen LogP contribution in [-0.2, 0) is 9.53 Å². The Morgan fingerprint density at radius 3 is 2.45 bits per heavy atom. The second-order valence-corrected chi connectivity index (χ2v) is 10.6. The smallest absolute Gasteiger partial charge is 0.338 e. The number of likely N-dealkylation sites (N-methyl/N-ethyl adjacent to an activating group) is 1. The molecule has 0 radical (unpaired) electrons. The zero-order chi connectivity index (χ0) is 28.2. The molecule has 1 aromatic carbocycles. The molecule has 2 heterocycles. The van der Waals surface area contributed by atoms with Gasteiger partial charge in [-0.2, -0.15) is 0 Å². The van der Waals surface area contributed by atoms with Crippen molar-refractivity contribution in [3.05, 3.63) is 35.0 Å². The molecule has 0 saturated carbocycles. The third kappa shape index (κ3) is 6.50. The second kappa shape index (κ2) is 11.9. The van der Waals surface area contributed by atoms with Crippen LogP contribution in [0.15, 0.2) is 29.5 Å². The molecule has 2 atom stereocenters. The number of benzene rings is 1. The zero-order valence-electron chi connectivity index (χ0n) is 23.7. The molecular formula is C27H41N5O6. The fourth-order valence-electron chi connectivity index (χ4n) is 4.77. The zero-order valence-corrected chi connectivity index (χ0v) is 23.7. The largest absolute Gasteiger partial charge is 0.497 e. The molecule has 38 heavy (non-hydrogen) atoms. The van der Waals surface area contributed by atoms with Crippen LogP contribution in [-0.4, -0.2) is 98.4 Å². The average Bonchev–Trinajstić information content (AvgIpc) is 2.85. The van der Waals surface area contributed by atoms with E-state index < -0.39 is 12.0 Å². The van der Waals surface area contributed by atoms with Crippen LogP contribution in [0.1, 0.15) is 46.2 Å². The van der Waals surface area contributed by atoms with Crippen LogP contribution in [0.25, 0.3) is 0 Å². The van der Waals surface area contributed by atoms with E-state index in [0.717, 1.165) is 0 Å². The van der Waals surface area contributed by atoms with Crippen LogP contribution < -0.4 is 20.1 Å². The fourth-order valence-corrected chi connectivity index (χ4v) is 4.77. The lowest BCUT2D eigenvalue weighted by atomic mass is 9.93. The van der Waals surface area contributed by atoms with Gasteiger partial charge in [0.05, 0.1) is 32.4 Å². The first-order valence-electron chi connectivity index (χ1n) is 12.9. The lowest BCUT2D eigenvalue weighted by Crippen LogP contribution is -2.59. The summed E-state index contributed by atoms with van der Waals surface area (Å²) in [6.45, 7) is 11.8. The van der Waals surface area contributed by atoms with Gasteiger partial charge in [-0.1, -0.05) is 0 Å². The standard InChI is InChI=1S/C27H41N5O6/c1-9-38-24(33)22-20(16-31-12-13-32(17(2)15-31)26(35)29-27(3,4)5)30(6)25(34)28-23(22)19-11-10-18(36-7)14-21(19)37-8/h10-11,14,17,23H,9,12-13,15-16H2,1-8H3,(H,28,34)(H,29,35). The van der Waals surface area contributed by atoms with Gasteiger partial charge in [0.1, 0.15) is 11.5 Å². The van der Waals surface area contributed by atoms with Crippen molar-refractivity contribution in [3.63, 3.8) is 0 Å². The predicted octanol–water partition coefficient (Wildman–Crippen LogP) is 2.73. The maximum atomic E-state index is 13.3. The number of nitrogens with zero attached hydrogens (tertiary/aromatic N) is 3. The summed E-state index contributed by atoms with van der Waals surface area (Å²) in [5.74, 6) is 0.565. The first-order valence-corrected chi connectivity index (χ1v) is 12.9. The van der Waals surface area contributed by atoms with Crippen molar-refractivity contribution in [2.24, 2.45) is 0 Å². The highest BCUT2D eigenvalue weighted by atomic mass is 16.5. The van der Waals surface area contributed by atoms with Gasteiger partial charge in [0.2, 0.25) is 0 Å². The molecule has 210 valence electrons. The number of carbonyl (C=O) groups is 3. The third-order valence-electron chi connectivity index (χ3n) is 6.65. The summed E-state index contributed by atoms with van der Waals surface area (Å²) < 4.78 is 16.4. The van der Waals surface area contributed by atoms with E-state index in [1.165, 1.54) is 12.0 Å². The minimum atomic E-state index is -0.773. The van der Waals surface area contributed by atoms with E-state index in [1.807, 2.05) is 32.6 Å². The maximum Gasteiger partial charge on any atom is 0.338 e. The van der Waals surface area contributed by atoms with Crippen LogP contribution in [0, 0.1) is 0 Å². The number of ether oxygens (including phenoxy) is 3. The molecule has 1 fully saturated rings. The number of esters is 1. The lowest BCUT2D eigenvalue weighted by Gasteiger charge is -2.43. The van der Waals surface area contributed by atoms with Crippen LogP contribution >= 0.6 is 0 Å². The predicted molar refractivity (Wildman–Crippen MR) is 143 cm³/mol. The van der Waals surface area contributed by atoms with Crippen LogP contribution in [0.4, 0.5) is 9.59 Å². The van der Waals surface area contributed by atoms with E-state index in [1.54, 1.807) is 39.3 Å². The first-order chi connectivity index (χ1) is 17.9. The van der Waals surface area contributed by atoms with Gasteiger partial charge in [-0.15, -0.1) is 0 Å². The molecule has 11 nitrogen and oxygen atoms in total. The highest BCUT2D eigenvalue weighted by Crippen LogP contribution is 2.37. The van der Waals surface area contributed by atoms with Crippen molar-refractivity contribution in [3.8, 4) is 11.5 Å². The fraction of sp³-hybridized carbons (Fsp3) is 0.593. The Labute approximate surface area is 225 Å². The summed E-state index contributed by atoms with van der Waals surface area (Å²) in [7, 11) is 4.73. The summed E-state index contributed by atoms with van der Waals surface area (Å²) in [6.07, 6.45) is 0. The molecule has 2 aliphatic heterocycles. The number of carbonyl (C=O) groups excluding carboxylic acids is 3. The summed E-state index contributed by atoms with van der Waals surface area (Å²) in [5.41, 5.74) is 1.18. The molecule has 2 aliphatic rings. The van der Waals surface area contributed by atoms with Gasteiger partial charge in [0.15, 0.2) is 0 Å². The molecule has 3 rings (SSSR count). The Balaban J connectivity index is 1.95. The summed E-state index contributed by atoms with van der Waals surface area (Å²) in [5, 5.41) is 5.95. The van der Waals surface area contributed by atoms with Crippen molar-refractivity contribution in [2.45, 2.75) is 52.2 Å². The Hall–Kier alpha value is -3.47. The van der Waals surface area contributed by atoms with Crippen LogP contribution in [0.3, 0.4) is 0 Å². The molecule has 2 N–H and O–H groups in total. The SMILES string of the molecule is CCOC(=O)C1=C(CN2CCN(C(=O)NC(C)(C)C)C(C)C2)N(C)C(=O)NC1c1ccc(OC)cc1OC. The Morgan fingerprint density at radius 1 is 1.16 bits per heavy atom. The third-order valence-corrected chi connectivity index (χ3v) is 6.65. The highest BCUT2D eigenvalue weighted by molar-refractivity contribution is 5.95. The van der Waals surface area contributed by atoms with Gasteiger partial charge in [0, 0.05) is 62.1 Å². The van der Waals surface area contributed by atoms with Crippen molar-refractivity contribution in [1.82, 2.24) is 25.3 Å². The van der Waals surface area contributed by atoms with Gasteiger partial charge in [-0.3, -0.25) is 9.80 Å². The van der Waals surface area contributed by atoms with E-state index in [9.17, 15) is 14.4 Å². The minimum Gasteiger partial charge on any atom is -0.497 e. The average molecular weight is 532 g/mol. The van der Waals surface area contributed by atoms with Crippen molar-refractivity contribution < 1.29 is 28.6 Å². The molecule has 1 saturated heterocycles. The number of nitrogens with one attached hydrogen (secondary N) is 2. The maximum absolute atomic E-state index is 13.3. The number of piperazine rings is 1. The van der Waals surface area contributed by atoms with E-state index in [0.29, 0.717) is 54.5 Å². The van der Waals surface area contributed by atoms with E-state index >= 15 is 0 Å². The van der Waals surface area contributed by atoms with E-state index in [-0.39, 0.29) is 30.2 Å². The van der Waals surface area contributed by atoms with Crippen LogP contribution in [0.5, 0.6) is 11.5 Å². The van der Waals surface area contributed by atoms with Gasteiger partial charge in [-0.05, 0) is 46.8 Å². The highest BCUT2D eigenvalue weighted by Gasteiger charge is 2.39. The Morgan fingerprint density at radius 2 is 1.87 bits per heavy atom. The molecular weight excluding hydrogens is 490 g/mol. The van der Waals surface area contributed by atoms with E-state index in [2.05, 4.69) is 15.5 Å². The number of rotatable bonds is 7. The Kier molecular flexibility index (Phi) is 9.14. The minimum absolute atomic E-state index is 0.0575. The van der Waals surface area contributed by atoms with E-state index in [4.69, 9.17) is 14.2 Å². The molecule has 1 aromatic rings. The molecule has 11 heteroatoms. The van der Waals surface area contributed by atoms with Crippen molar-refractivity contribution in [1.29, 1.82) is 0 Å². The lowest BCUT2D eigenvalue weighted by molar-refractivity contribution is -0.139. The molecule has 4 amide bonds. The number of hydrogen-bond donors (Lipinski definition) is 2. The molecule has 0 spiro atoms. The first kappa shape index (κ1) is 29.1. The number of urea groups is 2. The van der Waals surface area contributed by atoms with Gasteiger partial charge in [0.25, 0.3) is 0 Å². The molecule has 0 aromatic heterocycles. The monoisotopic (exact) mass is 531 g/mol. The van der Waals surface area contributed by atoms with Gasteiger partial charge in [-0.25, -0.2) is 14.4 Å². The Bertz CT molecular complexity index is 1080. The number of methoxy groups -OCH3 is 2. The second-order valence-electron chi connectivity index (χ2n) is 10.6. The van der Waals surface area contributed by atoms with Gasteiger partial charge >= 0.3 is 18.0 Å². The van der Waals surface area contributed by atoms with Crippen molar-refractivity contribution in [2.75, 3.05) is 54.1 Å². The molecule has 0 bridgehead atoms. The quantitative estimate of drug-likeness (QED) is 0.520.